The summed E-state index contributed by atoms with van der Waals surface area (Å²) in [5.74, 6) is 0. The molecule has 1 aliphatic rings. The number of rotatable bonds is 0. The van der Waals surface area contributed by atoms with E-state index in [1.165, 1.54) is 0 Å². The lowest BCUT2D eigenvalue weighted by Crippen LogP contribution is -2.40. The Morgan fingerprint density at radius 1 is 1.54 bits per heavy atom. The van der Waals surface area contributed by atoms with E-state index in [1.54, 1.807) is 7.05 Å². The summed E-state index contributed by atoms with van der Waals surface area (Å²) in [7, 11) is 3.64. The molecule has 0 saturated carbocycles. The highest BCUT2D eigenvalue weighted by molar-refractivity contribution is 14.1. The van der Waals surface area contributed by atoms with E-state index in [4.69, 9.17) is 0 Å². The number of hydrogen-bond donors (Lipinski definition) is 0. The fraction of sp³-hybridized carbons (Fsp3) is 0.333. The van der Waals surface area contributed by atoms with Crippen LogP contribution in [-0.4, -0.2) is 20.8 Å². The van der Waals surface area contributed by atoms with Crippen LogP contribution in [0.5, 0.6) is 0 Å². The molecule has 0 bridgehead atoms. The van der Waals surface area contributed by atoms with E-state index in [-0.39, 0.29) is 4.65 Å². The maximum Gasteiger partial charge on any atom is 0.158 e. The number of quaternary nitrogens is 1. The molecule has 3 nitrogen and oxygen atoms in total. The van der Waals surface area contributed by atoms with Crippen molar-refractivity contribution in [3.63, 3.8) is 0 Å². The largest absolute Gasteiger partial charge is 0.626 e. The Hall–Kier alpha value is -0.330. The van der Waals surface area contributed by atoms with Crippen LogP contribution >= 0.6 is 22.6 Å². The maximum atomic E-state index is 12.0. The summed E-state index contributed by atoms with van der Waals surface area (Å²) in [5.41, 5.74) is 1.92. The Balaban J connectivity index is 2.60. The molecule has 0 saturated heterocycles. The number of fused-ring (bicyclic) bond motifs is 1. The summed E-state index contributed by atoms with van der Waals surface area (Å²) in [6.07, 6.45) is 0. The van der Waals surface area contributed by atoms with Crippen LogP contribution in [-0.2, 0) is 0 Å². The number of halogens is 1. The van der Waals surface area contributed by atoms with Gasteiger partial charge in [0.05, 0.1) is 7.05 Å². The van der Waals surface area contributed by atoms with Crippen molar-refractivity contribution in [2.45, 2.75) is 0 Å². The zero-order valence-electron chi connectivity index (χ0n) is 7.62. The van der Waals surface area contributed by atoms with Gasteiger partial charge in [0.1, 0.15) is 5.69 Å². The standard InChI is InChI=1S/C9H11IN2O/c1-11-6-12(2,13)9-5-7(10)3-4-8(9)11/h3-5H,6H2,1-2H3. The van der Waals surface area contributed by atoms with Crippen LogP contribution in [0.1, 0.15) is 0 Å². The summed E-state index contributed by atoms with van der Waals surface area (Å²) in [5, 5.41) is 12.0. The zero-order valence-corrected chi connectivity index (χ0v) is 9.78. The quantitative estimate of drug-likeness (QED) is 0.416. The molecule has 13 heavy (non-hydrogen) atoms. The molecule has 1 heterocycles. The van der Waals surface area contributed by atoms with E-state index in [9.17, 15) is 5.21 Å². The normalized spacial score (nSPS) is 26.3. The first-order valence-electron chi connectivity index (χ1n) is 4.08. The van der Waals surface area contributed by atoms with Gasteiger partial charge in [-0.05, 0) is 34.7 Å². The molecule has 0 spiro atoms. The Morgan fingerprint density at radius 3 is 2.92 bits per heavy atom. The predicted octanol–water partition coefficient (Wildman–Crippen LogP) is 2.13. The Morgan fingerprint density at radius 2 is 2.23 bits per heavy atom. The smallest absolute Gasteiger partial charge is 0.158 e. The predicted molar refractivity (Wildman–Crippen MR) is 63.5 cm³/mol. The van der Waals surface area contributed by atoms with Gasteiger partial charge in [0, 0.05) is 16.7 Å². The molecule has 4 heteroatoms. The van der Waals surface area contributed by atoms with Gasteiger partial charge in [-0.2, -0.15) is 0 Å². The summed E-state index contributed by atoms with van der Waals surface area (Å²) in [6.45, 7) is 0.509. The van der Waals surface area contributed by atoms with E-state index in [0.29, 0.717) is 6.67 Å². The lowest BCUT2D eigenvalue weighted by atomic mass is 10.2. The molecule has 0 N–H and O–H groups in total. The molecular weight excluding hydrogens is 279 g/mol. The number of hydroxylamine groups is 2. The van der Waals surface area contributed by atoms with Crippen molar-refractivity contribution in [2.75, 3.05) is 25.7 Å². The van der Waals surface area contributed by atoms with Gasteiger partial charge >= 0.3 is 0 Å². The van der Waals surface area contributed by atoms with Gasteiger partial charge in [-0.25, -0.2) is 0 Å². The Bertz CT molecular complexity index is 351. The molecule has 1 unspecified atom stereocenters. The second kappa shape index (κ2) is 2.83. The summed E-state index contributed by atoms with van der Waals surface area (Å²) >= 11 is 2.23. The Kier molecular flexibility index (Phi) is 2.01. The lowest BCUT2D eigenvalue weighted by Gasteiger charge is -2.33. The van der Waals surface area contributed by atoms with Crippen molar-refractivity contribution in [2.24, 2.45) is 0 Å². The number of hydrogen-bond acceptors (Lipinski definition) is 2. The van der Waals surface area contributed by atoms with Gasteiger partial charge in [-0.15, -0.1) is 0 Å². The monoisotopic (exact) mass is 290 g/mol. The van der Waals surface area contributed by atoms with Crippen molar-refractivity contribution < 1.29 is 0 Å². The van der Waals surface area contributed by atoms with Crippen LogP contribution in [0.2, 0.25) is 0 Å². The molecule has 0 amide bonds. The van der Waals surface area contributed by atoms with E-state index in [0.717, 1.165) is 14.9 Å². The van der Waals surface area contributed by atoms with Gasteiger partial charge in [-0.1, -0.05) is 0 Å². The number of benzene rings is 1. The van der Waals surface area contributed by atoms with E-state index in [2.05, 4.69) is 22.6 Å². The molecule has 0 aliphatic carbocycles. The van der Waals surface area contributed by atoms with Gasteiger partial charge in [-0.3, -0.25) is 0 Å². The second-order valence-electron chi connectivity index (χ2n) is 3.57. The van der Waals surface area contributed by atoms with Crippen LogP contribution in [0.3, 0.4) is 0 Å². The minimum Gasteiger partial charge on any atom is -0.626 e. The van der Waals surface area contributed by atoms with Crippen molar-refractivity contribution in [3.05, 3.63) is 27.0 Å². The third-order valence-corrected chi connectivity index (χ3v) is 3.01. The van der Waals surface area contributed by atoms with Crippen molar-refractivity contribution in [3.8, 4) is 0 Å². The van der Waals surface area contributed by atoms with Gasteiger partial charge in [0.15, 0.2) is 12.4 Å². The van der Waals surface area contributed by atoms with Crippen LogP contribution in [0, 0.1) is 8.78 Å². The highest BCUT2D eigenvalue weighted by atomic mass is 127. The number of anilines is 1. The van der Waals surface area contributed by atoms with Crippen molar-refractivity contribution >= 4 is 34.0 Å². The lowest BCUT2D eigenvalue weighted by molar-refractivity contribution is 0.478. The average molecular weight is 290 g/mol. The first-order chi connectivity index (χ1) is 6.00. The molecule has 70 valence electrons. The highest BCUT2D eigenvalue weighted by Gasteiger charge is 2.30. The molecule has 0 fully saturated rings. The summed E-state index contributed by atoms with van der Waals surface area (Å²) in [6, 6.07) is 6.01. The molecule has 0 aromatic heterocycles. The number of nitrogens with zero attached hydrogens (tertiary/aromatic N) is 2. The van der Waals surface area contributed by atoms with E-state index in [1.807, 2.05) is 30.1 Å². The molecule has 1 aromatic rings. The minimum absolute atomic E-state index is 0.289. The minimum atomic E-state index is -0.289. The third kappa shape index (κ3) is 1.43. The average Bonchev–Trinajstić information content (AvgIpc) is 2.23. The molecular formula is C9H11IN2O. The molecule has 2 rings (SSSR count). The van der Waals surface area contributed by atoms with Crippen molar-refractivity contribution in [1.82, 2.24) is 4.65 Å². The molecule has 1 atom stereocenters. The maximum absolute atomic E-state index is 12.0. The van der Waals surface area contributed by atoms with Crippen LogP contribution in [0.15, 0.2) is 18.2 Å². The fourth-order valence-electron chi connectivity index (χ4n) is 1.76. The van der Waals surface area contributed by atoms with Gasteiger partial charge in [0.2, 0.25) is 0 Å². The van der Waals surface area contributed by atoms with Gasteiger partial charge < -0.3 is 14.8 Å². The van der Waals surface area contributed by atoms with Gasteiger partial charge in [0.25, 0.3) is 0 Å². The Labute approximate surface area is 91.3 Å². The highest BCUT2D eigenvalue weighted by Crippen LogP contribution is 2.39. The summed E-state index contributed by atoms with van der Waals surface area (Å²) in [4.78, 5) is 2.00. The van der Waals surface area contributed by atoms with Crippen LogP contribution in [0.4, 0.5) is 11.4 Å². The topological polar surface area (TPSA) is 26.3 Å². The molecule has 1 aromatic carbocycles. The SMILES string of the molecule is CN1C[N+](C)([O-])c2cc(I)ccc21. The summed E-state index contributed by atoms with van der Waals surface area (Å²) < 4.78 is 0.828. The fourth-order valence-corrected chi connectivity index (χ4v) is 2.23. The zero-order chi connectivity index (χ0) is 9.64. The third-order valence-electron chi connectivity index (χ3n) is 2.34. The van der Waals surface area contributed by atoms with Crippen molar-refractivity contribution in [1.29, 1.82) is 0 Å². The molecule has 0 radical (unpaired) electrons. The van der Waals surface area contributed by atoms with Crippen LogP contribution in [0.25, 0.3) is 0 Å². The second-order valence-corrected chi connectivity index (χ2v) is 4.82. The molecule has 1 aliphatic heterocycles. The first kappa shape index (κ1) is 9.23. The van der Waals surface area contributed by atoms with E-state index < -0.39 is 0 Å². The van der Waals surface area contributed by atoms with Crippen LogP contribution < -0.4 is 9.55 Å². The first-order valence-corrected chi connectivity index (χ1v) is 5.16. The van der Waals surface area contributed by atoms with E-state index >= 15 is 0 Å².